The maximum absolute atomic E-state index is 13.1. The third kappa shape index (κ3) is 27.2. The minimum Gasteiger partial charge on any atom is -0.512 e. The van der Waals surface area contributed by atoms with E-state index in [-0.39, 0.29) is 86.6 Å². The zero-order chi connectivity index (χ0) is 44.8. The molecule has 1 fully saturated rings. The number of aliphatic hydroxyl groups excluding tert-OH is 1. The number of amides is 3. The summed E-state index contributed by atoms with van der Waals surface area (Å²) in [4.78, 5) is 77.2. The fourth-order valence-corrected chi connectivity index (χ4v) is 6.67. The van der Waals surface area contributed by atoms with Crippen LogP contribution in [0.4, 0.5) is 0 Å². The predicted octanol–water partition coefficient (Wildman–Crippen LogP) is 6.68. The SMILES string of the molecule is CCN(CCCC[C@H](NC(=O)CCC(=O)[C@H](C)NC(=O)CCC(=O)C1CCCCC1)C(=O)CC(C(N)=O)[C@H](C)O)C(C)C.Cc1ccccc1.Cc1ccccc1.[C-]#N.[U]. The van der Waals surface area contributed by atoms with Crippen LogP contribution in [0.2, 0.25) is 0 Å². The molecule has 0 radical (unpaired) electrons. The van der Waals surface area contributed by atoms with Crippen molar-refractivity contribution in [3.05, 3.63) is 78.4 Å². The zero-order valence-corrected chi connectivity index (χ0v) is 41.4. The van der Waals surface area contributed by atoms with Gasteiger partial charge in [0.2, 0.25) is 17.7 Å². The Morgan fingerprint density at radius 2 is 1.27 bits per heavy atom. The summed E-state index contributed by atoms with van der Waals surface area (Å²) in [6, 6.07) is 19.2. The number of rotatable bonds is 22. The van der Waals surface area contributed by atoms with Gasteiger partial charge in [-0.25, -0.2) is 0 Å². The molecule has 1 saturated carbocycles. The molecule has 12 nitrogen and oxygen atoms in total. The van der Waals surface area contributed by atoms with Crippen LogP contribution < -0.4 is 16.4 Å². The summed E-state index contributed by atoms with van der Waals surface area (Å²) in [5.41, 5.74) is 8.01. The summed E-state index contributed by atoms with van der Waals surface area (Å²) in [6.45, 7) is 19.9. The van der Waals surface area contributed by atoms with E-state index in [1.165, 1.54) is 18.1 Å². The van der Waals surface area contributed by atoms with Crippen molar-refractivity contribution in [2.45, 2.75) is 156 Å². The molecule has 1 aliphatic rings. The minimum absolute atomic E-state index is 0. The van der Waals surface area contributed by atoms with Crippen LogP contribution in [0, 0.1) is 68.6 Å². The molecule has 0 aromatic heterocycles. The second-order valence-corrected chi connectivity index (χ2v) is 15.6. The number of carbonyl (C=O) groups excluding carboxylic acids is 6. The van der Waals surface area contributed by atoms with Crippen molar-refractivity contribution in [2.24, 2.45) is 17.6 Å². The standard InChI is InChI=1S/C32H56N4O7.2C7H8.CN.U/c1-6-36(21(2)3)19-11-10-14-26(29(40)20-25(23(5)37)32(33)43)35-31(42)17-15-27(38)22(4)34-30(41)18-16-28(39)24-12-8-7-9-13-24;2*1-7-5-3-2-4-6-7;1-2;/h21-26,37H,6-20H2,1-5H3,(H2,33,43)(H,34,41)(H,35,42);2*2-6H,1H3;;/q;;;-1;/t22-,23-,25?,26-;;;;/m0..../s1. The molecular weight excluding hydrogens is 985 g/mol. The fourth-order valence-electron chi connectivity index (χ4n) is 6.67. The Balaban J connectivity index is 0. The van der Waals surface area contributed by atoms with Crippen LogP contribution in [0.25, 0.3) is 0 Å². The van der Waals surface area contributed by atoms with Gasteiger partial charge in [-0.1, -0.05) is 98.0 Å². The quantitative estimate of drug-likeness (QED) is 0.0734. The van der Waals surface area contributed by atoms with Crippen molar-refractivity contribution in [1.29, 1.82) is 5.26 Å². The van der Waals surface area contributed by atoms with E-state index in [1.807, 2.05) is 36.4 Å². The number of unbranched alkanes of at least 4 members (excludes halogenated alkanes) is 1. The first-order valence-corrected chi connectivity index (χ1v) is 21.2. The van der Waals surface area contributed by atoms with Crippen molar-refractivity contribution in [3.8, 4) is 0 Å². The molecule has 2 aromatic carbocycles. The molecule has 2 aromatic rings. The number of aliphatic hydroxyl groups is 1. The molecule has 3 rings (SSSR count). The Morgan fingerprint density at radius 1 is 0.767 bits per heavy atom. The number of benzene rings is 2. The first kappa shape index (κ1) is 58.4. The third-order valence-corrected chi connectivity index (χ3v) is 10.4. The molecule has 332 valence electrons. The van der Waals surface area contributed by atoms with Crippen LogP contribution in [-0.4, -0.2) is 82.4 Å². The molecule has 0 spiro atoms. The molecule has 60 heavy (non-hydrogen) atoms. The van der Waals surface area contributed by atoms with E-state index < -0.39 is 41.7 Å². The van der Waals surface area contributed by atoms with Gasteiger partial charge in [-0.2, -0.15) is 0 Å². The normalized spacial score (nSPS) is 14.1. The van der Waals surface area contributed by atoms with Crippen LogP contribution in [0.5, 0.6) is 0 Å². The van der Waals surface area contributed by atoms with E-state index in [9.17, 15) is 33.9 Å². The number of hydrogen-bond acceptors (Lipinski definition) is 9. The number of Topliss-reactive ketones (excluding diaryl/α,β-unsaturated/α-hetero) is 3. The molecule has 0 saturated heterocycles. The summed E-state index contributed by atoms with van der Waals surface area (Å²) < 4.78 is 0. The Kier molecular flexibility index (Phi) is 34.0. The minimum atomic E-state index is -1.11. The summed E-state index contributed by atoms with van der Waals surface area (Å²) in [5, 5.41) is 21.5. The van der Waals surface area contributed by atoms with Gasteiger partial charge in [-0.05, 0) is 86.7 Å². The number of aryl methyl sites for hydroxylation is 2. The van der Waals surface area contributed by atoms with Gasteiger partial charge in [0, 0.05) is 75.2 Å². The van der Waals surface area contributed by atoms with Gasteiger partial charge >= 0.3 is 0 Å². The maximum atomic E-state index is 13.1. The number of nitrogens with one attached hydrogen (secondary N) is 2. The van der Waals surface area contributed by atoms with Gasteiger partial charge in [-0.15, -0.1) is 0 Å². The number of hydrogen-bond donors (Lipinski definition) is 4. The van der Waals surface area contributed by atoms with Crippen molar-refractivity contribution < 1.29 is 65.0 Å². The number of ketones is 3. The van der Waals surface area contributed by atoms with E-state index in [4.69, 9.17) is 17.6 Å². The molecule has 0 heterocycles. The van der Waals surface area contributed by atoms with Gasteiger partial charge in [-0.3, -0.25) is 28.8 Å². The Labute approximate surface area is 384 Å². The average molecular weight is 1060 g/mol. The molecular formula is C47H72N5O7U-. The van der Waals surface area contributed by atoms with Crippen LogP contribution >= 0.6 is 0 Å². The Bertz CT molecular complexity index is 1490. The first-order chi connectivity index (χ1) is 28.0. The topological polar surface area (TPSA) is 200 Å². The van der Waals surface area contributed by atoms with Crippen LogP contribution in [0.15, 0.2) is 60.7 Å². The Morgan fingerprint density at radius 3 is 1.70 bits per heavy atom. The molecule has 0 aliphatic heterocycles. The molecule has 1 unspecified atom stereocenters. The summed E-state index contributed by atoms with van der Waals surface area (Å²) >= 11 is 0. The van der Waals surface area contributed by atoms with Crippen molar-refractivity contribution in [3.63, 3.8) is 0 Å². The molecule has 13 heteroatoms. The maximum Gasteiger partial charge on any atom is 0.223 e. The summed E-state index contributed by atoms with van der Waals surface area (Å²) in [5.74, 6) is -3.31. The van der Waals surface area contributed by atoms with E-state index in [1.54, 1.807) is 6.92 Å². The van der Waals surface area contributed by atoms with Crippen LogP contribution in [0.1, 0.15) is 129 Å². The van der Waals surface area contributed by atoms with Gasteiger partial charge in [0.1, 0.15) is 5.78 Å². The smallest absolute Gasteiger partial charge is 0.223 e. The predicted molar refractivity (Wildman–Crippen MR) is 232 cm³/mol. The van der Waals surface area contributed by atoms with Crippen LogP contribution in [-0.2, 0) is 28.8 Å². The summed E-state index contributed by atoms with van der Waals surface area (Å²) in [6.07, 6.45) is 5.30. The monoisotopic (exact) mass is 1060 g/mol. The number of nitrogens with two attached hydrogens (primary N) is 1. The summed E-state index contributed by atoms with van der Waals surface area (Å²) in [7, 11) is 0. The Hall–Kier alpha value is -3.68. The molecule has 3 amide bonds. The van der Waals surface area contributed by atoms with Gasteiger partial charge in [0.15, 0.2) is 11.6 Å². The van der Waals surface area contributed by atoms with Gasteiger partial charge in [0.05, 0.1) is 24.1 Å². The number of primary amides is 1. The number of carbonyl (C=O) groups is 6. The molecule has 1 aliphatic carbocycles. The second kappa shape index (κ2) is 35.0. The molecule has 0 bridgehead atoms. The van der Waals surface area contributed by atoms with Gasteiger partial charge in [0.25, 0.3) is 0 Å². The van der Waals surface area contributed by atoms with E-state index in [2.05, 4.69) is 74.4 Å². The molecule has 4 atom stereocenters. The van der Waals surface area contributed by atoms with E-state index in [0.29, 0.717) is 18.9 Å². The number of nitrogens with zero attached hydrogens (tertiary/aromatic N) is 2. The largest absolute Gasteiger partial charge is 0.512 e. The second-order valence-electron chi connectivity index (χ2n) is 15.6. The third-order valence-electron chi connectivity index (χ3n) is 10.4. The van der Waals surface area contributed by atoms with E-state index >= 15 is 0 Å². The zero-order valence-electron chi connectivity index (χ0n) is 37.2. The van der Waals surface area contributed by atoms with Crippen molar-refractivity contribution >= 4 is 35.1 Å². The van der Waals surface area contributed by atoms with E-state index in [0.717, 1.165) is 51.6 Å². The average Bonchev–Trinajstić information content (AvgIpc) is 3.22. The van der Waals surface area contributed by atoms with Crippen LogP contribution in [0.3, 0.4) is 0 Å². The first-order valence-electron chi connectivity index (χ1n) is 21.2. The fraction of sp³-hybridized carbons (Fsp3) is 0.596. The van der Waals surface area contributed by atoms with Crippen molar-refractivity contribution in [1.82, 2.24) is 15.5 Å². The van der Waals surface area contributed by atoms with Crippen molar-refractivity contribution in [2.75, 3.05) is 13.1 Å². The van der Waals surface area contributed by atoms with Gasteiger partial charge < -0.3 is 38.2 Å². The molecule has 5 N–H and O–H groups in total.